The molecule has 0 amide bonds. The highest BCUT2D eigenvalue weighted by atomic mass is 79.9. The Hall–Kier alpha value is -1.37. The first kappa shape index (κ1) is 13.6. The molecule has 0 saturated carbocycles. The fraction of sp³-hybridized carbons (Fsp3) is 0.231. The molecule has 0 aliphatic rings. The van der Waals surface area contributed by atoms with Crippen LogP contribution in [-0.2, 0) is 10.1 Å². The number of ether oxygens (including phenoxy) is 2. The average Bonchev–Trinajstić information content (AvgIpc) is 2.87. The number of methoxy groups -OCH3 is 1. The lowest BCUT2D eigenvalue weighted by molar-refractivity contribution is 0.0491. The minimum atomic E-state index is 0.0968. The molecule has 20 heavy (non-hydrogen) atoms. The van der Waals surface area contributed by atoms with Crippen LogP contribution in [0.1, 0.15) is 5.69 Å². The van der Waals surface area contributed by atoms with Crippen molar-refractivity contribution >= 4 is 49.4 Å². The minimum Gasteiger partial charge on any atom is -0.450 e. The van der Waals surface area contributed by atoms with E-state index >= 15 is 0 Å². The molecule has 2 aromatic heterocycles. The smallest absolute Gasteiger partial charge is 0.261 e. The molecule has 1 aromatic carbocycles. The van der Waals surface area contributed by atoms with Gasteiger partial charge in [0.1, 0.15) is 5.69 Å². The fourth-order valence-electron chi connectivity index (χ4n) is 2.04. The lowest BCUT2D eigenvalue weighted by atomic mass is 10.1. The Balaban J connectivity index is 2.34. The normalized spacial score (nSPS) is 11.3. The average molecular weight is 358 g/mol. The summed E-state index contributed by atoms with van der Waals surface area (Å²) in [5.74, 6) is 0.411. The highest BCUT2D eigenvalue weighted by molar-refractivity contribution is 9.08. The van der Waals surface area contributed by atoms with Gasteiger partial charge in [0.25, 0.3) is 5.71 Å². The third-order valence-corrected chi connectivity index (χ3v) is 3.64. The van der Waals surface area contributed by atoms with E-state index < -0.39 is 0 Å². The van der Waals surface area contributed by atoms with E-state index in [2.05, 4.69) is 26.1 Å². The molecule has 7 heteroatoms. The molecule has 3 aromatic rings. The summed E-state index contributed by atoms with van der Waals surface area (Å²) < 4.78 is 15.7. The predicted octanol–water partition coefficient (Wildman–Crippen LogP) is 3.91. The molecular weight excluding hydrogens is 348 g/mol. The number of hydrogen-bond acceptors (Lipinski definition) is 5. The zero-order valence-corrected chi connectivity index (χ0v) is 12.9. The van der Waals surface area contributed by atoms with Crippen molar-refractivity contribution in [2.75, 3.05) is 13.9 Å². The molecule has 0 aliphatic carbocycles. The van der Waals surface area contributed by atoms with E-state index in [9.17, 15) is 0 Å². The lowest BCUT2D eigenvalue weighted by Crippen LogP contribution is -2.01. The van der Waals surface area contributed by atoms with E-state index in [4.69, 9.17) is 25.6 Å². The molecule has 0 bridgehead atoms. The Morgan fingerprint density at radius 3 is 2.95 bits per heavy atom. The van der Waals surface area contributed by atoms with Crippen LogP contribution in [0.25, 0.3) is 21.9 Å². The summed E-state index contributed by atoms with van der Waals surface area (Å²) >= 11 is 9.45. The number of benzene rings is 1. The molecular formula is C13H10BrClN2O3. The van der Waals surface area contributed by atoms with Gasteiger partial charge in [0.05, 0.1) is 5.39 Å². The molecule has 0 radical (unpaired) electrons. The molecule has 0 unspecified atom stereocenters. The Morgan fingerprint density at radius 1 is 1.35 bits per heavy atom. The van der Waals surface area contributed by atoms with Crippen molar-refractivity contribution in [2.24, 2.45) is 0 Å². The fourth-order valence-corrected chi connectivity index (χ4v) is 2.59. The van der Waals surface area contributed by atoms with Gasteiger partial charge in [-0.25, -0.2) is 0 Å². The van der Waals surface area contributed by atoms with Crippen molar-refractivity contribution in [1.29, 1.82) is 0 Å². The number of fused-ring (bicyclic) bond motifs is 3. The van der Waals surface area contributed by atoms with Gasteiger partial charge in [0, 0.05) is 28.2 Å². The largest absolute Gasteiger partial charge is 0.450 e. The van der Waals surface area contributed by atoms with E-state index in [1.807, 2.05) is 12.1 Å². The van der Waals surface area contributed by atoms with Gasteiger partial charge >= 0.3 is 0 Å². The number of aromatic nitrogens is 2. The van der Waals surface area contributed by atoms with Gasteiger partial charge in [-0.2, -0.15) is 4.98 Å². The molecule has 3 rings (SSSR count). The topological polar surface area (TPSA) is 57.4 Å². The molecule has 104 valence electrons. The zero-order valence-electron chi connectivity index (χ0n) is 10.5. The van der Waals surface area contributed by atoms with Gasteiger partial charge in [-0.05, 0) is 12.1 Å². The summed E-state index contributed by atoms with van der Waals surface area (Å²) in [5.41, 5.74) is 1.22. The molecule has 0 fully saturated rings. The molecule has 5 nitrogen and oxygen atoms in total. The summed E-state index contributed by atoms with van der Waals surface area (Å²) in [6.45, 7) is 0.0968. The van der Waals surface area contributed by atoms with Crippen LogP contribution in [0.3, 0.4) is 0 Å². The molecule has 0 spiro atoms. The number of halogens is 2. The first-order valence-corrected chi connectivity index (χ1v) is 7.29. The van der Waals surface area contributed by atoms with Crippen molar-refractivity contribution in [3.05, 3.63) is 28.9 Å². The molecule has 0 N–H and O–H groups in total. The number of pyridine rings is 1. The second-order valence-electron chi connectivity index (χ2n) is 4.10. The molecule has 0 atom stereocenters. The Kier molecular flexibility index (Phi) is 3.78. The summed E-state index contributed by atoms with van der Waals surface area (Å²) in [5, 5.41) is 7.78. The maximum atomic E-state index is 6.06. The van der Waals surface area contributed by atoms with Crippen LogP contribution >= 0.6 is 27.5 Å². The summed E-state index contributed by atoms with van der Waals surface area (Å²) in [6.07, 6.45) is 0. The Morgan fingerprint density at radius 2 is 2.20 bits per heavy atom. The van der Waals surface area contributed by atoms with Crippen LogP contribution < -0.4 is 4.74 Å². The lowest BCUT2D eigenvalue weighted by Gasteiger charge is -2.08. The first-order valence-electron chi connectivity index (χ1n) is 5.80. The SMILES string of the molecule is COCOc1nc2onc(CBr)c2c2ccc(Cl)cc12. The van der Waals surface area contributed by atoms with Crippen LogP contribution in [0.2, 0.25) is 5.02 Å². The van der Waals surface area contributed by atoms with Crippen LogP contribution in [0.4, 0.5) is 0 Å². The molecule has 0 aliphatic heterocycles. The van der Waals surface area contributed by atoms with Gasteiger partial charge in [0.2, 0.25) is 5.88 Å². The van der Waals surface area contributed by atoms with Gasteiger partial charge in [-0.1, -0.05) is 38.8 Å². The van der Waals surface area contributed by atoms with E-state index in [1.165, 1.54) is 0 Å². The highest BCUT2D eigenvalue weighted by Crippen LogP contribution is 2.34. The summed E-state index contributed by atoms with van der Waals surface area (Å²) in [7, 11) is 1.55. The van der Waals surface area contributed by atoms with Crippen LogP contribution in [0.15, 0.2) is 22.7 Å². The van der Waals surface area contributed by atoms with Crippen molar-refractivity contribution in [3.8, 4) is 5.88 Å². The number of alkyl halides is 1. The van der Waals surface area contributed by atoms with Gasteiger partial charge in [-0.3, -0.25) is 0 Å². The number of rotatable bonds is 4. The molecule has 0 saturated heterocycles. The van der Waals surface area contributed by atoms with Crippen LogP contribution in [0.5, 0.6) is 5.88 Å². The first-order chi connectivity index (χ1) is 9.74. The van der Waals surface area contributed by atoms with E-state index in [1.54, 1.807) is 13.2 Å². The Bertz CT molecular complexity index is 775. The third kappa shape index (κ3) is 2.24. The molecule has 2 heterocycles. The van der Waals surface area contributed by atoms with Crippen molar-refractivity contribution in [3.63, 3.8) is 0 Å². The van der Waals surface area contributed by atoms with E-state index in [-0.39, 0.29) is 6.79 Å². The zero-order chi connectivity index (χ0) is 14.1. The minimum absolute atomic E-state index is 0.0968. The predicted molar refractivity (Wildman–Crippen MR) is 79.5 cm³/mol. The summed E-state index contributed by atoms with van der Waals surface area (Å²) in [4.78, 5) is 4.34. The van der Waals surface area contributed by atoms with Gasteiger partial charge in [-0.15, -0.1) is 0 Å². The van der Waals surface area contributed by atoms with Crippen molar-refractivity contribution in [2.45, 2.75) is 5.33 Å². The second kappa shape index (κ2) is 5.55. The van der Waals surface area contributed by atoms with Gasteiger partial charge < -0.3 is 14.0 Å². The number of nitrogens with zero attached hydrogens (tertiary/aromatic N) is 2. The monoisotopic (exact) mass is 356 g/mol. The van der Waals surface area contributed by atoms with Crippen molar-refractivity contribution in [1.82, 2.24) is 10.1 Å². The third-order valence-electron chi connectivity index (χ3n) is 2.87. The van der Waals surface area contributed by atoms with Gasteiger partial charge in [0.15, 0.2) is 6.79 Å². The van der Waals surface area contributed by atoms with E-state index in [0.29, 0.717) is 21.9 Å². The maximum absolute atomic E-state index is 6.06. The van der Waals surface area contributed by atoms with Crippen LogP contribution in [-0.4, -0.2) is 24.0 Å². The number of hydrogen-bond donors (Lipinski definition) is 0. The highest BCUT2D eigenvalue weighted by Gasteiger charge is 2.17. The Labute approximate surface area is 127 Å². The maximum Gasteiger partial charge on any atom is 0.261 e. The van der Waals surface area contributed by atoms with E-state index in [0.717, 1.165) is 21.9 Å². The quantitative estimate of drug-likeness (QED) is 0.523. The summed E-state index contributed by atoms with van der Waals surface area (Å²) in [6, 6.07) is 5.53. The van der Waals surface area contributed by atoms with Crippen LogP contribution in [0, 0.1) is 0 Å². The van der Waals surface area contributed by atoms with Crippen molar-refractivity contribution < 1.29 is 14.0 Å². The standard InChI is InChI=1S/C13H10BrClN2O3/c1-18-6-19-12-9-4-7(15)2-3-8(9)11-10(5-14)17-20-13(11)16-12/h2-4H,5-6H2,1H3. The second-order valence-corrected chi connectivity index (χ2v) is 5.10.